The maximum atomic E-state index is 10.0. The van der Waals surface area contributed by atoms with Crippen molar-refractivity contribution in [2.24, 2.45) is 5.41 Å². The van der Waals surface area contributed by atoms with Crippen molar-refractivity contribution < 1.29 is 5.11 Å². The summed E-state index contributed by atoms with van der Waals surface area (Å²) in [6.45, 7) is 7.95. The fourth-order valence-corrected chi connectivity index (χ4v) is 3.31. The summed E-state index contributed by atoms with van der Waals surface area (Å²) in [6.07, 6.45) is 3.76. The molecule has 1 fully saturated rings. The van der Waals surface area contributed by atoms with E-state index in [1.54, 1.807) is 0 Å². The highest BCUT2D eigenvalue weighted by Gasteiger charge is 2.33. The van der Waals surface area contributed by atoms with Gasteiger partial charge in [-0.1, -0.05) is 44.2 Å². The van der Waals surface area contributed by atoms with Gasteiger partial charge in [-0.05, 0) is 50.4 Å². The number of benzene rings is 1. The molecule has 1 heterocycles. The molecule has 1 aromatic rings. The molecule has 2 rings (SSSR count). The van der Waals surface area contributed by atoms with Gasteiger partial charge < -0.3 is 15.3 Å². The Hall–Kier alpha value is -0.900. The fourth-order valence-electron chi connectivity index (χ4n) is 3.31. The topological polar surface area (TPSA) is 35.5 Å². The van der Waals surface area contributed by atoms with Gasteiger partial charge in [0.1, 0.15) is 0 Å². The van der Waals surface area contributed by atoms with Crippen LogP contribution in [-0.2, 0) is 5.54 Å². The number of hydrogen-bond acceptors (Lipinski definition) is 3. The highest BCUT2D eigenvalue weighted by molar-refractivity contribution is 5.25. The quantitative estimate of drug-likeness (QED) is 0.875. The second kappa shape index (κ2) is 6.91. The van der Waals surface area contributed by atoms with E-state index in [0.717, 1.165) is 19.6 Å². The number of aliphatic hydroxyl groups excluding tert-OH is 1. The van der Waals surface area contributed by atoms with E-state index in [0.29, 0.717) is 5.41 Å². The van der Waals surface area contributed by atoms with Gasteiger partial charge in [-0.3, -0.25) is 0 Å². The minimum atomic E-state index is -0.365. The second-order valence-electron chi connectivity index (χ2n) is 7.15. The Morgan fingerprint density at radius 2 is 1.90 bits per heavy atom. The molecule has 0 radical (unpaired) electrons. The third kappa shape index (κ3) is 4.06. The van der Waals surface area contributed by atoms with Gasteiger partial charge in [0, 0.05) is 6.54 Å². The van der Waals surface area contributed by atoms with Gasteiger partial charge >= 0.3 is 0 Å². The molecule has 21 heavy (non-hydrogen) atoms. The largest absolute Gasteiger partial charge is 0.394 e. The van der Waals surface area contributed by atoms with Crippen LogP contribution in [0.3, 0.4) is 0 Å². The Balaban J connectivity index is 2.13. The minimum absolute atomic E-state index is 0.118. The molecule has 1 saturated heterocycles. The Morgan fingerprint density at radius 1 is 1.19 bits per heavy atom. The van der Waals surface area contributed by atoms with Gasteiger partial charge in [-0.25, -0.2) is 0 Å². The highest BCUT2D eigenvalue weighted by Crippen LogP contribution is 2.31. The van der Waals surface area contributed by atoms with Crippen molar-refractivity contribution in [3.05, 3.63) is 35.9 Å². The summed E-state index contributed by atoms with van der Waals surface area (Å²) in [5.41, 5.74) is 1.25. The van der Waals surface area contributed by atoms with Crippen LogP contribution in [0.4, 0.5) is 0 Å². The number of likely N-dealkylation sites (N-methyl/N-ethyl adjacent to an activating group) is 1. The molecular formula is C18H30N2O. The zero-order valence-electron chi connectivity index (χ0n) is 13.7. The highest BCUT2D eigenvalue weighted by atomic mass is 16.3. The summed E-state index contributed by atoms with van der Waals surface area (Å²) in [7, 11) is 1.95. The van der Waals surface area contributed by atoms with Crippen LogP contribution in [0.2, 0.25) is 0 Å². The second-order valence-corrected chi connectivity index (χ2v) is 7.15. The number of rotatable bonds is 5. The maximum Gasteiger partial charge on any atom is 0.0795 e. The van der Waals surface area contributed by atoms with Gasteiger partial charge in [-0.2, -0.15) is 0 Å². The van der Waals surface area contributed by atoms with Crippen molar-refractivity contribution in [3.8, 4) is 0 Å². The van der Waals surface area contributed by atoms with E-state index in [-0.39, 0.29) is 12.1 Å². The average Bonchev–Trinajstić information content (AvgIpc) is 2.67. The zero-order valence-corrected chi connectivity index (χ0v) is 13.7. The van der Waals surface area contributed by atoms with Gasteiger partial charge in [0.25, 0.3) is 0 Å². The first kappa shape index (κ1) is 16.5. The fraction of sp³-hybridized carbons (Fsp3) is 0.667. The van der Waals surface area contributed by atoms with Gasteiger partial charge in [0.2, 0.25) is 0 Å². The summed E-state index contributed by atoms with van der Waals surface area (Å²) in [5, 5.41) is 13.4. The summed E-state index contributed by atoms with van der Waals surface area (Å²) in [4.78, 5) is 2.51. The van der Waals surface area contributed by atoms with E-state index in [1.165, 1.54) is 24.8 Å². The normalized spacial score (nSPS) is 22.5. The molecule has 1 unspecified atom stereocenters. The number of aliphatic hydroxyl groups is 1. The van der Waals surface area contributed by atoms with Gasteiger partial charge in [0.15, 0.2) is 0 Å². The molecule has 1 aromatic carbocycles. The van der Waals surface area contributed by atoms with Gasteiger partial charge in [0.05, 0.1) is 12.1 Å². The van der Waals surface area contributed by atoms with Crippen LogP contribution in [0.25, 0.3) is 0 Å². The lowest BCUT2D eigenvalue weighted by Gasteiger charge is -2.37. The monoisotopic (exact) mass is 290 g/mol. The zero-order chi connectivity index (χ0) is 15.3. The maximum absolute atomic E-state index is 10.0. The van der Waals surface area contributed by atoms with Crippen molar-refractivity contribution in [3.63, 3.8) is 0 Å². The molecule has 3 heteroatoms. The molecule has 118 valence electrons. The van der Waals surface area contributed by atoms with Crippen LogP contribution in [0.1, 0.15) is 38.7 Å². The van der Waals surface area contributed by atoms with Crippen molar-refractivity contribution >= 4 is 0 Å². The molecular weight excluding hydrogens is 260 g/mol. The van der Waals surface area contributed by atoms with Crippen LogP contribution >= 0.6 is 0 Å². The predicted molar refractivity (Wildman–Crippen MR) is 88.3 cm³/mol. The van der Waals surface area contributed by atoms with Crippen LogP contribution in [0.5, 0.6) is 0 Å². The first-order chi connectivity index (χ1) is 10.0. The van der Waals surface area contributed by atoms with Crippen LogP contribution < -0.4 is 5.32 Å². The SMILES string of the molecule is CNC(CO)(CN1CCCC(C)(C)CC1)c1ccccc1. The molecule has 0 saturated carbocycles. The molecule has 3 nitrogen and oxygen atoms in total. The first-order valence-electron chi connectivity index (χ1n) is 8.09. The third-order valence-corrected chi connectivity index (χ3v) is 5.00. The molecule has 1 aliphatic heterocycles. The molecule has 0 spiro atoms. The Morgan fingerprint density at radius 3 is 2.52 bits per heavy atom. The number of nitrogens with one attached hydrogen (secondary N) is 1. The Labute approximate surface area is 129 Å². The lowest BCUT2D eigenvalue weighted by Crippen LogP contribution is -2.52. The molecule has 0 bridgehead atoms. The Bertz CT molecular complexity index is 426. The van der Waals surface area contributed by atoms with E-state index in [4.69, 9.17) is 0 Å². The summed E-state index contributed by atoms with van der Waals surface area (Å²) in [5.74, 6) is 0. The number of hydrogen-bond donors (Lipinski definition) is 2. The molecule has 0 aliphatic carbocycles. The van der Waals surface area contributed by atoms with E-state index < -0.39 is 0 Å². The van der Waals surface area contributed by atoms with Crippen LogP contribution in [0, 0.1) is 5.41 Å². The smallest absolute Gasteiger partial charge is 0.0795 e. The van der Waals surface area contributed by atoms with E-state index in [2.05, 4.69) is 36.2 Å². The lowest BCUT2D eigenvalue weighted by molar-refractivity contribution is 0.112. The average molecular weight is 290 g/mol. The minimum Gasteiger partial charge on any atom is -0.394 e. The van der Waals surface area contributed by atoms with Gasteiger partial charge in [-0.15, -0.1) is 0 Å². The summed E-state index contributed by atoms with van der Waals surface area (Å²) in [6, 6.07) is 10.3. The van der Waals surface area contributed by atoms with E-state index >= 15 is 0 Å². The van der Waals surface area contributed by atoms with Crippen molar-refractivity contribution in [2.75, 3.05) is 33.3 Å². The van der Waals surface area contributed by atoms with Crippen molar-refractivity contribution in [1.29, 1.82) is 0 Å². The molecule has 0 amide bonds. The first-order valence-corrected chi connectivity index (χ1v) is 8.09. The third-order valence-electron chi connectivity index (χ3n) is 5.00. The van der Waals surface area contributed by atoms with Crippen molar-refractivity contribution in [2.45, 2.75) is 38.6 Å². The lowest BCUT2D eigenvalue weighted by atomic mass is 9.85. The van der Waals surface area contributed by atoms with Crippen LogP contribution in [-0.4, -0.2) is 43.3 Å². The molecule has 1 aliphatic rings. The van der Waals surface area contributed by atoms with Crippen LogP contribution in [0.15, 0.2) is 30.3 Å². The standard InChI is InChI=1S/C18H30N2O/c1-17(2)10-7-12-20(13-11-17)14-18(15-21,19-3)16-8-5-4-6-9-16/h4-6,8-9,19,21H,7,10-15H2,1-3H3. The van der Waals surface area contributed by atoms with Crippen molar-refractivity contribution in [1.82, 2.24) is 10.2 Å². The molecule has 0 aromatic heterocycles. The Kier molecular flexibility index (Phi) is 5.42. The number of likely N-dealkylation sites (tertiary alicyclic amines) is 1. The predicted octanol–water partition coefficient (Wildman–Crippen LogP) is 2.61. The van der Waals surface area contributed by atoms with E-state index in [9.17, 15) is 5.11 Å². The molecule has 1 atom stereocenters. The summed E-state index contributed by atoms with van der Waals surface area (Å²) < 4.78 is 0. The number of nitrogens with zero attached hydrogens (tertiary/aromatic N) is 1. The molecule has 2 N–H and O–H groups in total. The van der Waals surface area contributed by atoms with E-state index in [1.807, 2.05) is 25.2 Å². The summed E-state index contributed by atoms with van der Waals surface area (Å²) >= 11 is 0.